The van der Waals surface area contributed by atoms with Gasteiger partial charge in [0, 0.05) is 44.6 Å². The van der Waals surface area contributed by atoms with Crippen LogP contribution in [0.1, 0.15) is 46.0 Å². The first kappa shape index (κ1) is 22.6. The highest BCUT2D eigenvalue weighted by Gasteiger charge is 2.45. The number of ether oxygens (including phenoxy) is 3. The van der Waals surface area contributed by atoms with Crippen molar-refractivity contribution in [1.82, 2.24) is 0 Å². The van der Waals surface area contributed by atoms with Crippen molar-refractivity contribution < 1.29 is 33.4 Å². The molecule has 0 amide bonds. The lowest BCUT2D eigenvalue weighted by Crippen LogP contribution is -2.26. The first-order valence-electron chi connectivity index (χ1n) is 9.08. The molecule has 4 atom stereocenters. The Kier molecular flexibility index (Phi) is 10.1. The largest absolute Gasteiger partial charge is 0.466 e. The molecule has 0 spiro atoms. The van der Waals surface area contributed by atoms with Gasteiger partial charge in [0.05, 0.1) is 7.11 Å². The predicted molar refractivity (Wildman–Crippen MR) is 97.5 cm³/mol. The minimum atomic E-state index is -0.427. The van der Waals surface area contributed by atoms with Crippen LogP contribution >= 0.6 is 0 Å². The molecule has 1 aliphatic carbocycles. The first-order valence-corrected chi connectivity index (χ1v) is 9.08. The molecule has 27 heavy (non-hydrogen) atoms. The lowest BCUT2D eigenvalue weighted by atomic mass is 9.86. The van der Waals surface area contributed by atoms with Crippen LogP contribution in [0.4, 0.5) is 0 Å². The average Bonchev–Trinajstić information content (AvgIpc) is 2.90. The summed E-state index contributed by atoms with van der Waals surface area (Å²) in [5, 5.41) is 0. The molecule has 1 rings (SSSR count). The normalized spacial score (nSPS) is 24.9. The van der Waals surface area contributed by atoms with Gasteiger partial charge in [-0.05, 0) is 19.3 Å². The topological polar surface area (TPSA) is 96.0 Å². The zero-order chi connectivity index (χ0) is 20.2. The van der Waals surface area contributed by atoms with Gasteiger partial charge in [-0.1, -0.05) is 18.2 Å². The highest BCUT2D eigenvalue weighted by Crippen LogP contribution is 2.41. The van der Waals surface area contributed by atoms with E-state index in [1.54, 1.807) is 12.2 Å². The maximum Gasteiger partial charge on any atom is 0.330 e. The van der Waals surface area contributed by atoms with E-state index in [0.717, 1.165) is 6.29 Å². The number of hydrogen-bond donors (Lipinski definition) is 0. The second kappa shape index (κ2) is 12.0. The molecule has 0 N–H and O–H groups in total. The Labute approximate surface area is 159 Å². The van der Waals surface area contributed by atoms with Crippen molar-refractivity contribution in [3.63, 3.8) is 0 Å². The minimum Gasteiger partial charge on any atom is -0.466 e. The van der Waals surface area contributed by atoms with Crippen LogP contribution < -0.4 is 0 Å². The number of carbonyl (C=O) groups is 4. The van der Waals surface area contributed by atoms with Gasteiger partial charge in [0.15, 0.2) is 0 Å². The fourth-order valence-corrected chi connectivity index (χ4v) is 3.55. The van der Waals surface area contributed by atoms with Crippen molar-refractivity contribution in [1.29, 1.82) is 0 Å². The summed E-state index contributed by atoms with van der Waals surface area (Å²) in [5.74, 6) is -1.23. The van der Waals surface area contributed by atoms with Gasteiger partial charge in [0.25, 0.3) is 0 Å². The summed E-state index contributed by atoms with van der Waals surface area (Å²) in [4.78, 5) is 44.7. The molecule has 0 aromatic rings. The zero-order valence-electron chi connectivity index (χ0n) is 16.1. The van der Waals surface area contributed by atoms with Gasteiger partial charge in [-0.25, -0.2) is 4.79 Å². The van der Waals surface area contributed by atoms with Gasteiger partial charge in [0.2, 0.25) is 0 Å². The number of allylic oxidation sites excluding steroid dienone is 3. The molecule has 0 saturated heterocycles. The molecule has 1 saturated carbocycles. The molecule has 1 aliphatic rings. The summed E-state index contributed by atoms with van der Waals surface area (Å²) in [6, 6.07) is 0. The maximum absolute atomic E-state index is 11.4. The average molecular weight is 380 g/mol. The summed E-state index contributed by atoms with van der Waals surface area (Å²) < 4.78 is 15.4. The molecule has 1 fully saturated rings. The Balaban J connectivity index is 2.79. The second-order valence-electron chi connectivity index (χ2n) is 6.49. The van der Waals surface area contributed by atoms with Crippen LogP contribution in [0.15, 0.2) is 24.3 Å². The van der Waals surface area contributed by atoms with E-state index >= 15 is 0 Å². The predicted octanol–water partition coefficient (Wildman–Crippen LogP) is 2.53. The highest BCUT2D eigenvalue weighted by molar-refractivity contribution is 5.82. The zero-order valence-corrected chi connectivity index (χ0v) is 16.1. The van der Waals surface area contributed by atoms with Gasteiger partial charge < -0.3 is 19.0 Å². The number of rotatable bonds is 10. The van der Waals surface area contributed by atoms with Crippen LogP contribution in [0.5, 0.6) is 0 Å². The van der Waals surface area contributed by atoms with Crippen LogP contribution in [0, 0.1) is 11.8 Å². The summed E-state index contributed by atoms with van der Waals surface area (Å²) in [5.41, 5.74) is 0. The smallest absolute Gasteiger partial charge is 0.330 e. The van der Waals surface area contributed by atoms with Crippen LogP contribution in [0.3, 0.4) is 0 Å². The summed E-state index contributed by atoms with van der Waals surface area (Å²) in [6.45, 7) is 2.70. The van der Waals surface area contributed by atoms with Gasteiger partial charge in [-0.3, -0.25) is 9.59 Å². The lowest BCUT2D eigenvalue weighted by Gasteiger charge is -2.25. The van der Waals surface area contributed by atoms with E-state index in [2.05, 4.69) is 4.74 Å². The quantitative estimate of drug-likeness (QED) is 0.189. The van der Waals surface area contributed by atoms with Gasteiger partial charge >= 0.3 is 17.9 Å². The van der Waals surface area contributed by atoms with Gasteiger partial charge in [-0.2, -0.15) is 0 Å². The van der Waals surface area contributed by atoms with Crippen LogP contribution in [0.2, 0.25) is 0 Å². The molecule has 0 heterocycles. The lowest BCUT2D eigenvalue weighted by molar-refractivity contribution is -0.149. The van der Waals surface area contributed by atoms with E-state index in [1.807, 2.05) is 6.08 Å². The van der Waals surface area contributed by atoms with E-state index < -0.39 is 5.97 Å². The molecular formula is C20H28O7. The number of hydrogen-bond acceptors (Lipinski definition) is 7. The first-order chi connectivity index (χ1) is 12.9. The SMILES string of the molecule is COC(=O)C=C/C=C\CC[C@@H]1[C@@H](CCC=O)[C@H](OC(C)=O)C[C@@H]1OC(C)=O. The fraction of sp³-hybridized carbons (Fsp3) is 0.600. The third-order valence-corrected chi connectivity index (χ3v) is 4.57. The molecule has 0 aliphatic heterocycles. The van der Waals surface area contributed by atoms with E-state index in [-0.39, 0.29) is 36.0 Å². The van der Waals surface area contributed by atoms with Crippen LogP contribution in [-0.2, 0) is 33.4 Å². The standard InChI is InChI=1S/C20H28O7/c1-14(22)26-18-13-19(27-15(2)23)17(10-8-12-21)16(18)9-6-4-5-7-11-20(24)25-3/h4-5,7,11-12,16-19H,6,8-10,13H2,1-3H3/b5-4-,11-7?/t16-,17-,18+,19-/m1/s1. The van der Waals surface area contributed by atoms with Crippen molar-refractivity contribution in [3.8, 4) is 0 Å². The van der Waals surface area contributed by atoms with Crippen molar-refractivity contribution in [3.05, 3.63) is 24.3 Å². The van der Waals surface area contributed by atoms with Crippen molar-refractivity contribution in [2.45, 2.75) is 58.2 Å². The molecule has 150 valence electrons. The molecule has 0 bridgehead atoms. The number of carbonyl (C=O) groups excluding carboxylic acids is 4. The molecule has 0 radical (unpaired) electrons. The van der Waals surface area contributed by atoms with Crippen molar-refractivity contribution in [2.24, 2.45) is 11.8 Å². The van der Waals surface area contributed by atoms with E-state index in [1.165, 1.54) is 27.0 Å². The van der Waals surface area contributed by atoms with Crippen molar-refractivity contribution in [2.75, 3.05) is 7.11 Å². The van der Waals surface area contributed by atoms with Gasteiger partial charge in [-0.15, -0.1) is 0 Å². The molecule has 0 aromatic carbocycles. The Hall–Kier alpha value is -2.44. The monoisotopic (exact) mass is 380 g/mol. The Morgan fingerprint density at radius 1 is 0.926 bits per heavy atom. The van der Waals surface area contributed by atoms with E-state index in [9.17, 15) is 19.2 Å². The minimum absolute atomic E-state index is 0.00700. The number of aldehydes is 1. The second-order valence-corrected chi connectivity index (χ2v) is 6.49. The highest BCUT2D eigenvalue weighted by atomic mass is 16.6. The Morgan fingerprint density at radius 2 is 1.48 bits per heavy atom. The molecular weight excluding hydrogens is 352 g/mol. The van der Waals surface area contributed by atoms with E-state index in [4.69, 9.17) is 9.47 Å². The van der Waals surface area contributed by atoms with E-state index in [0.29, 0.717) is 32.1 Å². The Morgan fingerprint density at radius 3 is 1.96 bits per heavy atom. The molecule has 0 unspecified atom stereocenters. The van der Waals surface area contributed by atoms with Crippen molar-refractivity contribution >= 4 is 24.2 Å². The molecule has 7 heteroatoms. The third kappa shape index (κ3) is 8.19. The number of methoxy groups -OCH3 is 1. The van der Waals surface area contributed by atoms with Gasteiger partial charge in [0.1, 0.15) is 18.5 Å². The Bertz CT molecular complexity index is 579. The van der Waals surface area contributed by atoms with Crippen LogP contribution in [0.25, 0.3) is 0 Å². The van der Waals surface area contributed by atoms with Crippen LogP contribution in [-0.4, -0.2) is 43.5 Å². The maximum atomic E-state index is 11.4. The molecule has 7 nitrogen and oxygen atoms in total. The number of esters is 3. The summed E-state index contributed by atoms with van der Waals surface area (Å²) in [6.07, 6.45) is 9.49. The fourth-order valence-electron chi connectivity index (χ4n) is 3.55. The molecule has 0 aromatic heterocycles. The summed E-state index contributed by atoms with van der Waals surface area (Å²) >= 11 is 0. The summed E-state index contributed by atoms with van der Waals surface area (Å²) in [7, 11) is 1.31. The third-order valence-electron chi connectivity index (χ3n) is 4.57.